The van der Waals surface area contributed by atoms with E-state index in [2.05, 4.69) is 49.5 Å². The van der Waals surface area contributed by atoms with E-state index < -0.39 is 0 Å². The molecule has 1 atom stereocenters. The zero-order valence-electron chi connectivity index (χ0n) is 12.3. The molecule has 1 aliphatic carbocycles. The smallest absolute Gasteiger partial charge is 0.105 e. The summed E-state index contributed by atoms with van der Waals surface area (Å²) in [7, 11) is 0. The van der Waals surface area contributed by atoms with Gasteiger partial charge in [0.05, 0.1) is 6.26 Å². The van der Waals surface area contributed by atoms with Crippen LogP contribution in [-0.2, 0) is 6.42 Å². The molecule has 2 heteroatoms. The standard InChI is InChI=1S/C18H23NO/c1-13-5-3-6-15(9-13)16-11-17(12-16)19-14(2)10-18-7-4-8-20-18/h3-9,14,16-17,19H,10-12H2,1-2H3. The van der Waals surface area contributed by atoms with E-state index in [0.29, 0.717) is 12.1 Å². The first kappa shape index (κ1) is 13.4. The van der Waals surface area contributed by atoms with Crippen molar-refractivity contribution in [2.75, 3.05) is 0 Å². The highest BCUT2D eigenvalue weighted by Crippen LogP contribution is 2.37. The maximum absolute atomic E-state index is 5.40. The molecule has 0 bridgehead atoms. The minimum atomic E-state index is 0.476. The third kappa shape index (κ3) is 3.13. The lowest BCUT2D eigenvalue weighted by Crippen LogP contribution is -2.45. The highest BCUT2D eigenvalue weighted by atomic mass is 16.3. The summed E-state index contributed by atoms with van der Waals surface area (Å²) in [4.78, 5) is 0. The van der Waals surface area contributed by atoms with Gasteiger partial charge in [-0.15, -0.1) is 0 Å². The van der Waals surface area contributed by atoms with Gasteiger partial charge in [0.25, 0.3) is 0 Å². The van der Waals surface area contributed by atoms with Crippen molar-refractivity contribution in [1.82, 2.24) is 5.32 Å². The van der Waals surface area contributed by atoms with Crippen molar-refractivity contribution in [3.8, 4) is 0 Å². The van der Waals surface area contributed by atoms with Gasteiger partial charge in [0.2, 0.25) is 0 Å². The highest BCUT2D eigenvalue weighted by molar-refractivity contribution is 5.27. The second-order valence-corrected chi connectivity index (χ2v) is 6.13. The number of nitrogens with one attached hydrogen (secondary N) is 1. The molecule has 1 unspecified atom stereocenters. The van der Waals surface area contributed by atoms with Gasteiger partial charge < -0.3 is 9.73 Å². The third-order valence-electron chi connectivity index (χ3n) is 4.26. The fourth-order valence-electron chi connectivity index (χ4n) is 3.14. The summed E-state index contributed by atoms with van der Waals surface area (Å²) in [5.41, 5.74) is 2.87. The summed E-state index contributed by atoms with van der Waals surface area (Å²) < 4.78 is 5.40. The van der Waals surface area contributed by atoms with Crippen LogP contribution in [0.1, 0.15) is 42.6 Å². The SMILES string of the molecule is Cc1cccc(C2CC(NC(C)Cc3ccco3)C2)c1. The summed E-state index contributed by atoms with van der Waals surface area (Å²) in [6.07, 6.45) is 5.23. The topological polar surface area (TPSA) is 25.2 Å². The molecule has 0 amide bonds. The zero-order chi connectivity index (χ0) is 13.9. The lowest BCUT2D eigenvalue weighted by atomic mass is 9.75. The average Bonchev–Trinajstić information content (AvgIpc) is 2.86. The largest absolute Gasteiger partial charge is 0.469 e. The first-order valence-corrected chi connectivity index (χ1v) is 7.55. The number of benzene rings is 1. The maximum atomic E-state index is 5.40. The summed E-state index contributed by atoms with van der Waals surface area (Å²) in [5.74, 6) is 1.81. The number of aryl methyl sites for hydroxylation is 1. The summed E-state index contributed by atoms with van der Waals surface area (Å²) in [5, 5.41) is 3.71. The highest BCUT2D eigenvalue weighted by Gasteiger charge is 2.30. The molecule has 0 aliphatic heterocycles. The molecule has 1 saturated carbocycles. The van der Waals surface area contributed by atoms with E-state index in [0.717, 1.165) is 18.1 Å². The van der Waals surface area contributed by atoms with Crippen molar-refractivity contribution >= 4 is 0 Å². The van der Waals surface area contributed by atoms with Gasteiger partial charge >= 0.3 is 0 Å². The summed E-state index contributed by atoms with van der Waals surface area (Å²) >= 11 is 0. The molecule has 0 saturated heterocycles. The molecule has 2 nitrogen and oxygen atoms in total. The second kappa shape index (κ2) is 5.84. The van der Waals surface area contributed by atoms with Gasteiger partial charge in [0.15, 0.2) is 0 Å². The monoisotopic (exact) mass is 269 g/mol. The molecule has 1 aliphatic rings. The molecule has 3 rings (SSSR count). The first-order valence-electron chi connectivity index (χ1n) is 7.55. The minimum absolute atomic E-state index is 0.476. The van der Waals surface area contributed by atoms with Crippen LogP contribution in [0.25, 0.3) is 0 Å². The van der Waals surface area contributed by atoms with Crippen LogP contribution in [0.15, 0.2) is 47.1 Å². The molecule has 1 aromatic heterocycles. The van der Waals surface area contributed by atoms with Crippen LogP contribution < -0.4 is 5.32 Å². The molecule has 0 radical (unpaired) electrons. The molecular weight excluding hydrogens is 246 g/mol. The predicted molar refractivity (Wildman–Crippen MR) is 82.0 cm³/mol. The first-order chi connectivity index (χ1) is 9.70. The Hall–Kier alpha value is -1.54. The van der Waals surface area contributed by atoms with Crippen LogP contribution in [-0.4, -0.2) is 12.1 Å². The van der Waals surface area contributed by atoms with Crippen molar-refractivity contribution in [2.45, 2.75) is 51.1 Å². The van der Waals surface area contributed by atoms with Crippen molar-refractivity contribution < 1.29 is 4.42 Å². The fourth-order valence-corrected chi connectivity index (χ4v) is 3.14. The van der Waals surface area contributed by atoms with Crippen LogP contribution in [0, 0.1) is 6.92 Å². The van der Waals surface area contributed by atoms with Crippen molar-refractivity contribution in [2.24, 2.45) is 0 Å². The van der Waals surface area contributed by atoms with E-state index in [1.54, 1.807) is 6.26 Å². The van der Waals surface area contributed by atoms with Gasteiger partial charge in [-0.05, 0) is 50.3 Å². The van der Waals surface area contributed by atoms with E-state index in [1.807, 2.05) is 6.07 Å². The number of furan rings is 1. The Morgan fingerprint density at radius 2 is 2.10 bits per heavy atom. The predicted octanol–water partition coefficient (Wildman–Crippen LogP) is 4.05. The van der Waals surface area contributed by atoms with Gasteiger partial charge in [-0.1, -0.05) is 29.8 Å². The minimum Gasteiger partial charge on any atom is -0.469 e. The fraction of sp³-hybridized carbons (Fsp3) is 0.444. The Balaban J connectivity index is 1.46. The summed E-state index contributed by atoms with van der Waals surface area (Å²) in [6.45, 7) is 4.41. The van der Waals surface area contributed by atoms with E-state index >= 15 is 0 Å². The molecular formula is C18H23NO. The van der Waals surface area contributed by atoms with Crippen LogP contribution >= 0.6 is 0 Å². The Morgan fingerprint density at radius 1 is 1.25 bits per heavy atom. The molecule has 1 N–H and O–H groups in total. The van der Waals surface area contributed by atoms with Crippen molar-refractivity contribution in [3.63, 3.8) is 0 Å². The van der Waals surface area contributed by atoms with E-state index in [4.69, 9.17) is 4.42 Å². The Kier molecular flexibility index (Phi) is 3.93. The Bertz CT molecular complexity index is 540. The van der Waals surface area contributed by atoms with Crippen LogP contribution in [0.4, 0.5) is 0 Å². The zero-order valence-corrected chi connectivity index (χ0v) is 12.3. The number of hydrogen-bond donors (Lipinski definition) is 1. The van der Waals surface area contributed by atoms with Gasteiger partial charge in [0, 0.05) is 18.5 Å². The molecule has 2 aromatic rings. The van der Waals surface area contributed by atoms with Crippen LogP contribution in [0.5, 0.6) is 0 Å². The van der Waals surface area contributed by atoms with Gasteiger partial charge in [0.1, 0.15) is 5.76 Å². The van der Waals surface area contributed by atoms with E-state index in [9.17, 15) is 0 Å². The average molecular weight is 269 g/mol. The quantitative estimate of drug-likeness (QED) is 0.885. The number of rotatable bonds is 5. The molecule has 1 heterocycles. The summed E-state index contributed by atoms with van der Waals surface area (Å²) in [6, 6.07) is 14.1. The molecule has 1 aromatic carbocycles. The molecule has 20 heavy (non-hydrogen) atoms. The van der Waals surface area contributed by atoms with E-state index in [-0.39, 0.29) is 0 Å². The lowest BCUT2D eigenvalue weighted by molar-refractivity contribution is 0.265. The Labute approximate surface area is 121 Å². The van der Waals surface area contributed by atoms with Crippen LogP contribution in [0.3, 0.4) is 0 Å². The normalized spacial score (nSPS) is 23.3. The third-order valence-corrected chi connectivity index (χ3v) is 4.26. The maximum Gasteiger partial charge on any atom is 0.105 e. The van der Waals surface area contributed by atoms with E-state index in [1.165, 1.54) is 24.0 Å². The van der Waals surface area contributed by atoms with Gasteiger partial charge in [-0.25, -0.2) is 0 Å². The lowest BCUT2D eigenvalue weighted by Gasteiger charge is -2.38. The van der Waals surface area contributed by atoms with Crippen molar-refractivity contribution in [1.29, 1.82) is 0 Å². The van der Waals surface area contributed by atoms with Crippen LogP contribution in [0.2, 0.25) is 0 Å². The molecule has 106 valence electrons. The Morgan fingerprint density at radius 3 is 2.80 bits per heavy atom. The molecule has 0 spiro atoms. The number of hydrogen-bond acceptors (Lipinski definition) is 2. The molecule has 1 fully saturated rings. The van der Waals surface area contributed by atoms with Gasteiger partial charge in [-0.3, -0.25) is 0 Å². The van der Waals surface area contributed by atoms with Gasteiger partial charge in [-0.2, -0.15) is 0 Å². The van der Waals surface area contributed by atoms with Crippen molar-refractivity contribution in [3.05, 3.63) is 59.5 Å². The second-order valence-electron chi connectivity index (χ2n) is 6.13.